The summed E-state index contributed by atoms with van der Waals surface area (Å²) in [6, 6.07) is 24.9. The number of anilines is 1. The van der Waals surface area contributed by atoms with Crippen LogP contribution in [0.15, 0.2) is 78.9 Å². The van der Waals surface area contributed by atoms with Crippen LogP contribution in [0, 0.1) is 0 Å². The molecule has 0 bridgehead atoms. The lowest BCUT2D eigenvalue weighted by molar-refractivity contribution is -0.142. The van der Waals surface area contributed by atoms with E-state index in [1.165, 1.54) is 0 Å². The zero-order valence-corrected chi connectivity index (χ0v) is 18.1. The number of piperazine rings is 1. The zero-order chi connectivity index (χ0) is 22.6. The second kappa shape index (κ2) is 9.24. The van der Waals surface area contributed by atoms with Crippen molar-refractivity contribution in [2.75, 3.05) is 38.1 Å². The third kappa shape index (κ3) is 4.48. The summed E-state index contributed by atoms with van der Waals surface area (Å²) in [6.45, 7) is 2.00. The lowest BCUT2D eigenvalue weighted by atomic mass is 10.0. The highest BCUT2D eigenvalue weighted by atomic mass is 16.6. The molecule has 2 aliphatic rings. The number of hydrogen-bond donors (Lipinski definition) is 1. The first kappa shape index (κ1) is 20.9. The summed E-state index contributed by atoms with van der Waals surface area (Å²) in [7, 11) is 0. The maximum Gasteiger partial charge on any atom is 0.321 e. The number of hydrogen-bond acceptors (Lipinski definition) is 4. The molecule has 7 heteroatoms. The third-order valence-electron chi connectivity index (χ3n) is 5.92. The summed E-state index contributed by atoms with van der Waals surface area (Å²) >= 11 is 0. The van der Waals surface area contributed by atoms with E-state index in [1.54, 1.807) is 15.9 Å². The molecule has 1 fully saturated rings. The van der Waals surface area contributed by atoms with Crippen molar-refractivity contribution in [1.82, 2.24) is 9.80 Å². The van der Waals surface area contributed by atoms with Crippen LogP contribution in [0.1, 0.15) is 0 Å². The fourth-order valence-corrected chi connectivity index (χ4v) is 4.13. The number of benzene rings is 3. The Balaban J connectivity index is 1.18. The maximum absolute atomic E-state index is 12.9. The molecule has 1 N–H and O–H groups in total. The molecule has 0 spiro atoms. The van der Waals surface area contributed by atoms with E-state index < -0.39 is 6.10 Å². The summed E-state index contributed by atoms with van der Waals surface area (Å²) in [4.78, 5) is 29.3. The van der Waals surface area contributed by atoms with E-state index in [2.05, 4.69) is 5.32 Å². The van der Waals surface area contributed by atoms with Gasteiger partial charge in [-0.15, -0.1) is 0 Å². The number of carbonyl (C=O) groups is 2. The van der Waals surface area contributed by atoms with Gasteiger partial charge in [-0.2, -0.15) is 0 Å². The molecule has 0 aliphatic carbocycles. The minimum Gasteiger partial charge on any atom is -0.485 e. The molecule has 1 atom stereocenters. The monoisotopic (exact) mass is 443 g/mol. The number of rotatable bonds is 3. The van der Waals surface area contributed by atoms with Crippen molar-refractivity contribution >= 4 is 17.6 Å². The molecule has 0 saturated carbocycles. The van der Waals surface area contributed by atoms with Crippen LogP contribution in [0.25, 0.3) is 11.1 Å². The SMILES string of the molecule is O=C(Nc1ccccc1-c1ccccc1)N1CCN(C(=O)C2COc3ccccc3O2)CC1. The number of nitrogens with zero attached hydrogens (tertiary/aromatic N) is 2. The lowest BCUT2D eigenvalue weighted by Gasteiger charge is -2.37. The number of carbonyl (C=O) groups excluding carboxylic acids is 2. The Hall–Kier alpha value is -4.00. The van der Waals surface area contributed by atoms with E-state index in [9.17, 15) is 9.59 Å². The molecule has 7 nitrogen and oxygen atoms in total. The number of urea groups is 1. The molecule has 1 unspecified atom stereocenters. The van der Waals surface area contributed by atoms with Crippen LogP contribution in [0.5, 0.6) is 11.5 Å². The van der Waals surface area contributed by atoms with Crippen LogP contribution in [0.2, 0.25) is 0 Å². The smallest absolute Gasteiger partial charge is 0.321 e. The summed E-state index contributed by atoms with van der Waals surface area (Å²) < 4.78 is 11.5. The molecule has 3 amide bonds. The van der Waals surface area contributed by atoms with Crippen molar-refractivity contribution in [3.05, 3.63) is 78.9 Å². The van der Waals surface area contributed by atoms with Gasteiger partial charge >= 0.3 is 6.03 Å². The van der Waals surface area contributed by atoms with Crippen LogP contribution in [0.4, 0.5) is 10.5 Å². The van der Waals surface area contributed by atoms with Crippen molar-refractivity contribution in [2.45, 2.75) is 6.10 Å². The Morgan fingerprint density at radius 1 is 0.758 bits per heavy atom. The van der Waals surface area contributed by atoms with Crippen molar-refractivity contribution in [3.63, 3.8) is 0 Å². The van der Waals surface area contributed by atoms with Gasteiger partial charge in [0.05, 0.1) is 5.69 Å². The molecule has 2 aliphatic heterocycles. The predicted molar refractivity (Wildman–Crippen MR) is 125 cm³/mol. The quantitative estimate of drug-likeness (QED) is 0.667. The fraction of sp³-hybridized carbons (Fsp3) is 0.231. The van der Waals surface area contributed by atoms with Gasteiger partial charge in [-0.05, 0) is 23.8 Å². The van der Waals surface area contributed by atoms with E-state index in [-0.39, 0.29) is 18.5 Å². The molecule has 1 saturated heterocycles. The largest absolute Gasteiger partial charge is 0.485 e. The van der Waals surface area contributed by atoms with Crippen LogP contribution in [0.3, 0.4) is 0 Å². The first-order valence-corrected chi connectivity index (χ1v) is 11.1. The average Bonchev–Trinajstić information content (AvgIpc) is 2.89. The second-order valence-electron chi connectivity index (χ2n) is 8.02. The molecule has 2 heterocycles. The standard InChI is InChI=1S/C26H25N3O4/c30-25(24-18-32-22-12-6-7-13-23(22)33-24)28-14-16-29(17-15-28)26(31)27-21-11-5-4-10-20(21)19-8-2-1-3-9-19/h1-13,24H,14-18H2,(H,27,31). The molecular formula is C26H25N3O4. The van der Waals surface area contributed by atoms with Crippen LogP contribution >= 0.6 is 0 Å². The van der Waals surface area contributed by atoms with Gasteiger partial charge in [-0.1, -0.05) is 60.7 Å². The Morgan fingerprint density at radius 3 is 2.18 bits per heavy atom. The predicted octanol–water partition coefficient (Wildman–Crippen LogP) is 3.87. The van der Waals surface area contributed by atoms with E-state index in [0.29, 0.717) is 37.7 Å². The summed E-state index contributed by atoms with van der Waals surface area (Å²) in [5, 5.41) is 3.04. The van der Waals surface area contributed by atoms with E-state index in [4.69, 9.17) is 9.47 Å². The normalized spacial score (nSPS) is 17.4. The number of fused-ring (bicyclic) bond motifs is 1. The van der Waals surface area contributed by atoms with Crippen LogP contribution in [-0.2, 0) is 4.79 Å². The molecule has 5 rings (SSSR count). The van der Waals surface area contributed by atoms with Crippen molar-refractivity contribution < 1.29 is 19.1 Å². The number of amides is 3. The fourth-order valence-electron chi connectivity index (χ4n) is 4.13. The van der Waals surface area contributed by atoms with Gasteiger partial charge in [-0.25, -0.2) is 4.79 Å². The maximum atomic E-state index is 12.9. The molecular weight excluding hydrogens is 418 g/mol. The molecule has 0 aromatic heterocycles. The van der Waals surface area contributed by atoms with Gasteiger partial charge in [0.1, 0.15) is 6.61 Å². The molecule has 3 aromatic carbocycles. The van der Waals surface area contributed by atoms with E-state index >= 15 is 0 Å². The Kier molecular flexibility index (Phi) is 5.85. The first-order chi connectivity index (χ1) is 16.2. The molecule has 168 valence electrons. The minimum atomic E-state index is -0.668. The number of nitrogens with one attached hydrogen (secondary N) is 1. The second-order valence-corrected chi connectivity index (χ2v) is 8.02. The van der Waals surface area contributed by atoms with Crippen LogP contribution in [-0.4, -0.2) is 60.6 Å². The van der Waals surface area contributed by atoms with Crippen molar-refractivity contribution in [2.24, 2.45) is 0 Å². The van der Waals surface area contributed by atoms with Crippen LogP contribution < -0.4 is 14.8 Å². The van der Waals surface area contributed by atoms with Crippen molar-refractivity contribution in [3.8, 4) is 22.6 Å². The third-order valence-corrected chi connectivity index (χ3v) is 5.92. The lowest BCUT2D eigenvalue weighted by Crippen LogP contribution is -2.55. The molecule has 33 heavy (non-hydrogen) atoms. The Bertz CT molecular complexity index is 1140. The molecule has 3 aromatic rings. The number of ether oxygens (including phenoxy) is 2. The Labute approximate surface area is 192 Å². The Morgan fingerprint density at radius 2 is 1.39 bits per heavy atom. The highest BCUT2D eigenvalue weighted by molar-refractivity contribution is 5.94. The average molecular weight is 444 g/mol. The summed E-state index contributed by atoms with van der Waals surface area (Å²) in [5.74, 6) is 1.12. The van der Waals surface area contributed by atoms with Gasteiger partial charge in [0.25, 0.3) is 5.91 Å². The topological polar surface area (TPSA) is 71.1 Å². The van der Waals surface area contributed by atoms with Gasteiger partial charge in [0.2, 0.25) is 6.10 Å². The van der Waals surface area contributed by atoms with Gasteiger partial charge in [-0.3, -0.25) is 4.79 Å². The van der Waals surface area contributed by atoms with Gasteiger partial charge < -0.3 is 24.6 Å². The van der Waals surface area contributed by atoms with Crippen molar-refractivity contribution in [1.29, 1.82) is 0 Å². The van der Waals surface area contributed by atoms with Gasteiger partial charge in [0, 0.05) is 31.7 Å². The number of para-hydroxylation sites is 3. The summed E-state index contributed by atoms with van der Waals surface area (Å²) in [5.41, 5.74) is 2.77. The van der Waals surface area contributed by atoms with E-state index in [0.717, 1.165) is 16.8 Å². The van der Waals surface area contributed by atoms with E-state index in [1.807, 2.05) is 72.8 Å². The minimum absolute atomic E-state index is 0.112. The zero-order valence-electron chi connectivity index (χ0n) is 18.1. The van der Waals surface area contributed by atoms with Gasteiger partial charge in [0.15, 0.2) is 11.5 Å². The molecule has 0 radical (unpaired) electrons. The highest BCUT2D eigenvalue weighted by Crippen LogP contribution is 2.31. The summed E-state index contributed by atoms with van der Waals surface area (Å²) in [6.07, 6.45) is -0.668. The first-order valence-electron chi connectivity index (χ1n) is 11.1. The highest BCUT2D eigenvalue weighted by Gasteiger charge is 2.33.